The van der Waals surface area contributed by atoms with Gasteiger partial charge in [0.15, 0.2) is 0 Å². The van der Waals surface area contributed by atoms with E-state index >= 15 is 0 Å². The Morgan fingerprint density at radius 3 is 2.12 bits per heavy atom. The van der Waals surface area contributed by atoms with E-state index in [4.69, 9.17) is 0 Å². The Balaban J connectivity index is 2.24. The van der Waals surface area contributed by atoms with Crippen LogP contribution in [0.1, 0.15) is 31.8 Å². The predicted octanol–water partition coefficient (Wildman–Crippen LogP) is 3.64. The van der Waals surface area contributed by atoms with Crippen LogP contribution < -0.4 is 0 Å². The van der Waals surface area contributed by atoms with Crippen molar-refractivity contribution in [2.75, 3.05) is 0 Å². The van der Waals surface area contributed by atoms with Crippen molar-refractivity contribution in [1.29, 1.82) is 0 Å². The molecule has 3 aromatic rings. The molecule has 4 nitrogen and oxygen atoms in total. The van der Waals surface area contributed by atoms with Crippen molar-refractivity contribution in [3.05, 3.63) is 82.9 Å². The van der Waals surface area contributed by atoms with Gasteiger partial charge < -0.3 is 10.2 Å². The molecule has 0 aliphatic carbocycles. The van der Waals surface area contributed by atoms with E-state index in [1.165, 1.54) is 12.1 Å². The van der Waals surface area contributed by atoms with Gasteiger partial charge in [0.05, 0.1) is 11.1 Å². The summed E-state index contributed by atoms with van der Waals surface area (Å²) in [6.07, 6.45) is 0. The van der Waals surface area contributed by atoms with Crippen molar-refractivity contribution in [3.63, 3.8) is 0 Å². The van der Waals surface area contributed by atoms with Gasteiger partial charge in [-0.3, -0.25) is 0 Å². The van der Waals surface area contributed by atoms with Gasteiger partial charge in [-0.25, -0.2) is 9.59 Å². The van der Waals surface area contributed by atoms with Gasteiger partial charge in [0, 0.05) is 11.1 Å². The SMILES string of the molecule is O=C(O)c1cccc2c(C(=O)O)c(C#Cc3ccccc3)ccc12. The zero-order chi connectivity index (χ0) is 17.1. The van der Waals surface area contributed by atoms with Crippen LogP contribution >= 0.6 is 0 Å². The molecule has 3 aromatic carbocycles. The van der Waals surface area contributed by atoms with Crippen molar-refractivity contribution < 1.29 is 19.8 Å². The van der Waals surface area contributed by atoms with Crippen LogP contribution in [0.2, 0.25) is 0 Å². The third-order valence-electron chi connectivity index (χ3n) is 3.62. The number of carboxylic acid groups (broad SMARTS) is 2. The van der Waals surface area contributed by atoms with Crippen LogP contribution in [0.25, 0.3) is 10.8 Å². The largest absolute Gasteiger partial charge is 0.478 e. The molecule has 0 saturated heterocycles. The first-order valence-electron chi connectivity index (χ1n) is 7.17. The topological polar surface area (TPSA) is 74.6 Å². The average Bonchev–Trinajstić information content (AvgIpc) is 2.59. The lowest BCUT2D eigenvalue weighted by atomic mass is 9.96. The first-order chi connectivity index (χ1) is 11.6. The predicted molar refractivity (Wildman–Crippen MR) is 90.3 cm³/mol. The van der Waals surface area contributed by atoms with Crippen LogP contribution in [0.15, 0.2) is 60.7 Å². The fourth-order valence-corrected chi connectivity index (χ4v) is 2.54. The molecule has 4 heteroatoms. The lowest BCUT2D eigenvalue weighted by molar-refractivity contribution is 0.0686. The minimum Gasteiger partial charge on any atom is -0.478 e. The molecule has 0 atom stereocenters. The zero-order valence-electron chi connectivity index (χ0n) is 12.5. The molecule has 0 bridgehead atoms. The van der Waals surface area contributed by atoms with Crippen molar-refractivity contribution in [3.8, 4) is 11.8 Å². The molecular weight excluding hydrogens is 304 g/mol. The van der Waals surface area contributed by atoms with Gasteiger partial charge in [-0.2, -0.15) is 0 Å². The number of fused-ring (bicyclic) bond motifs is 1. The standard InChI is InChI=1S/C20H12O4/c21-19(22)17-8-4-7-16-15(17)12-11-14(18(16)20(23)24)10-9-13-5-2-1-3-6-13/h1-8,11-12H,(H,21,22)(H,23,24). The van der Waals surface area contributed by atoms with Gasteiger partial charge in [0.1, 0.15) is 0 Å². The molecule has 0 fully saturated rings. The number of benzene rings is 3. The van der Waals surface area contributed by atoms with Crippen LogP contribution in [-0.4, -0.2) is 22.2 Å². The fourth-order valence-electron chi connectivity index (χ4n) is 2.54. The monoisotopic (exact) mass is 316 g/mol. The second-order valence-corrected chi connectivity index (χ2v) is 5.12. The first kappa shape index (κ1) is 15.3. The maximum absolute atomic E-state index is 11.7. The lowest BCUT2D eigenvalue weighted by Crippen LogP contribution is -2.04. The lowest BCUT2D eigenvalue weighted by Gasteiger charge is -2.07. The molecule has 0 unspecified atom stereocenters. The van der Waals surface area contributed by atoms with Crippen molar-refractivity contribution >= 4 is 22.7 Å². The molecule has 0 heterocycles. The molecule has 0 amide bonds. The van der Waals surface area contributed by atoms with Crippen LogP contribution in [0.3, 0.4) is 0 Å². The van der Waals surface area contributed by atoms with E-state index < -0.39 is 11.9 Å². The molecular formula is C20H12O4. The van der Waals surface area contributed by atoms with Gasteiger partial charge in [-0.15, -0.1) is 0 Å². The molecule has 0 spiro atoms. The molecule has 0 aromatic heterocycles. The second kappa shape index (κ2) is 6.27. The quantitative estimate of drug-likeness (QED) is 0.708. The smallest absolute Gasteiger partial charge is 0.337 e. The highest BCUT2D eigenvalue weighted by molar-refractivity contribution is 6.11. The Labute approximate surface area is 138 Å². The molecule has 3 rings (SSSR count). The fraction of sp³-hybridized carbons (Fsp3) is 0. The van der Waals surface area contributed by atoms with Crippen molar-refractivity contribution in [2.24, 2.45) is 0 Å². The number of carbonyl (C=O) groups is 2. The van der Waals surface area contributed by atoms with E-state index in [9.17, 15) is 19.8 Å². The van der Waals surface area contributed by atoms with Gasteiger partial charge in [-0.05, 0) is 35.0 Å². The molecule has 0 radical (unpaired) electrons. The van der Waals surface area contributed by atoms with E-state index in [1.54, 1.807) is 18.2 Å². The molecule has 0 aliphatic heterocycles. The Bertz CT molecular complexity index is 1010. The summed E-state index contributed by atoms with van der Waals surface area (Å²) in [6.45, 7) is 0. The minimum absolute atomic E-state index is 0.0130. The molecule has 2 N–H and O–H groups in total. The first-order valence-corrected chi connectivity index (χ1v) is 7.17. The Kier molecular flexibility index (Phi) is 4.00. The summed E-state index contributed by atoms with van der Waals surface area (Å²) < 4.78 is 0. The zero-order valence-corrected chi connectivity index (χ0v) is 12.5. The maximum Gasteiger partial charge on any atom is 0.337 e. The van der Waals surface area contributed by atoms with E-state index in [0.29, 0.717) is 16.3 Å². The number of carboxylic acids is 2. The maximum atomic E-state index is 11.7. The summed E-state index contributed by atoms with van der Waals surface area (Å²) in [5.41, 5.74) is 1.20. The van der Waals surface area contributed by atoms with Gasteiger partial charge in [-0.1, -0.05) is 48.2 Å². The van der Waals surface area contributed by atoms with Crippen LogP contribution in [0.4, 0.5) is 0 Å². The molecule has 0 aliphatic rings. The third kappa shape index (κ3) is 2.83. The normalized spacial score (nSPS) is 10.0. The number of aromatic carboxylic acids is 2. The second-order valence-electron chi connectivity index (χ2n) is 5.12. The number of hydrogen-bond acceptors (Lipinski definition) is 2. The summed E-state index contributed by atoms with van der Waals surface area (Å²) in [7, 11) is 0. The van der Waals surface area contributed by atoms with Gasteiger partial charge >= 0.3 is 11.9 Å². The highest BCUT2D eigenvalue weighted by Gasteiger charge is 2.17. The summed E-state index contributed by atoms with van der Waals surface area (Å²) in [5.74, 6) is 3.57. The van der Waals surface area contributed by atoms with E-state index in [-0.39, 0.29) is 11.1 Å². The minimum atomic E-state index is -1.14. The van der Waals surface area contributed by atoms with Crippen molar-refractivity contribution in [2.45, 2.75) is 0 Å². The van der Waals surface area contributed by atoms with Crippen LogP contribution in [0.5, 0.6) is 0 Å². The molecule has 116 valence electrons. The van der Waals surface area contributed by atoms with Crippen molar-refractivity contribution in [1.82, 2.24) is 0 Å². The van der Waals surface area contributed by atoms with Gasteiger partial charge in [0.2, 0.25) is 0 Å². The highest BCUT2D eigenvalue weighted by Crippen LogP contribution is 2.25. The third-order valence-corrected chi connectivity index (χ3v) is 3.62. The van der Waals surface area contributed by atoms with Crippen LogP contribution in [-0.2, 0) is 0 Å². The van der Waals surface area contributed by atoms with E-state index in [2.05, 4.69) is 11.8 Å². The number of rotatable bonds is 2. The Morgan fingerprint density at radius 1 is 0.708 bits per heavy atom. The Morgan fingerprint density at radius 2 is 1.46 bits per heavy atom. The molecule has 24 heavy (non-hydrogen) atoms. The summed E-state index contributed by atoms with van der Waals surface area (Å²) in [6, 6.07) is 17.0. The number of hydrogen-bond donors (Lipinski definition) is 2. The molecule has 0 saturated carbocycles. The highest BCUT2D eigenvalue weighted by atomic mass is 16.4. The van der Waals surface area contributed by atoms with Gasteiger partial charge in [0.25, 0.3) is 0 Å². The van der Waals surface area contributed by atoms with Crippen LogP contribution in [0, 0.1) is 11.8 Å². The summed E-state index contributed by atoms with van der Waals surface area (Å²) in [5, 5.41) is 19.6. The van der Waals surface area contributed by atoms with E-state index in [1.807, 2.05) is 30.3 Å². The van der Waals surface area contributed by atoms with E-state index in [0.717, 1.165) is 5.56 Å². The average molecular weight is 316 g/mol. The summed E-state index contributed by atoms with van der Waals surface area (Å²) in [4.78, 5) is 23.0. The Hall–Kier alpha value is -3.58. The summed E-state index contributed by atoms with van der Waals surface area (Å²) >= 11 is 0.